The number of aliphatic hydroxyl groups is 1. The Morgan fingerprint density at radius 1 is 0.963 bits per heavy atom. The summed E-state index contributed by atoms with van der Waals surface area (Å²) < 4.78 is 15.6. The normalized spacial score (nSPS) is 12.2. The van der Waals surface area contributed by atoms with Crippen molar-refractivity contribution in [2.45, 2.75) is 12.5 Å². The third-order valence-electron chi connectivity index (χ3n) is 4.21. The van der Waals surface area contributed by atoms with Crippen LogP contribution in [-0.4, -0.2) is 37.6 Å². The minimum Gasteiger partial charge on any atom is -0.391 e. The molecule has 0 saturated carbocycles. The van der Waals surface area contributed by atoms with Crippen molar-refractivity contribution < 1.29 is 9.50 Å². The lowest BCUT2D eigenvalue weighted by Gasteiger charge is -2.12. The van der Waals surface area contributed by atoms with Gasteiger partial charge in [0, 0.05) is 13.0 Å². The Morgan fingerprint density at radius 3 is 2.56 bits per heavy atom. The molecule has 2 aromatic heterocycles. The van der Waals surface area contributed by atoms with Crippen molar-refractivity contribution in [2.75, 3.05) is 11.9 Å². The van der Waals surface area contributed by atoms with E-state index in [9.17, 15) is 9.50 Å². The zero-order chi connectivity index (χ0) is 18.6. The van der Waals surface area contributed by atoms with E-state index in [2.05, 4.69) is 20.6 Å². The van der Waals surface area contributed by atoms with E-state index in [1.165, 1.54) is 10.6 Å². The van der Waals surface area contributed by atoms with Gasteiger partial charge >= 0.3 is 0 Å². The molecule has 0 aliphatic heterocycles. The number of hydrogen-bond acceptors (Lipinski definition) is 5. The highest BCUT2D eigenvalue weighted by Crippen LogP contribution is 2.21. The fourth-order valence-corrected chi connectivity index (χ4v) is 2.87. The molecule has 0 fully saturated rings. The van der Waals surface area contributed by atoms with Crippen molar-refractivity contribution in [3.05, 3.63) is 78.1 Å². The number of anilines is 1. The van der Waals surface area contributed by atoms with Gasteiger partial charge in [-0.1, -0.05) is 42.5 Å². The van der Waals surface area contributed by atoms with Crippen molar-refractivity contribution in [1.29, 1.82) is 0 Å². The summed E-state index contributed by atoms with van der Waals surface area (Å²) in [6.45, 7) is 0.338. The maximum Gasteiger partial charge on any atom is 0.188 e. The van der Waals surface area contributed by atoms with Gasteiger partial charge < -0.3 is 10.4 Å². The molecule has 136 valence electrons. The summed E-state index contributed by atoms with van der Waals surface area (Å²) in [6, 6.07) is 19.7. The molecular formula is C20H18FN5O. The van der Waals surface area contributed by atoms with Crippen LogP contribution in [0.25, 0.3) is 17.0 Å². The number of hydrogen-bond donors (Lipinski definition) is 2. The maximum absolute atomic E-state index is 14.1. The van der Waals surface area contributed by atoms with Crippen LogP contribution >= 0.6 is 0 Å². The summed E-state index contributed by atoms with van der Waals surface area (Å²) in [7, 11) is 0. The standard InChI is InChI=1S/C20H18FN5O/c21-17-9-5-4-8-16(17)20-24-23-19-11-10-18(25-26(19)20)22-13-15(27)12-14-6-2-1-3-7-14/h1-11,15,27H,12-13H2,(H,22,25). The summed E-state index contributed by atoms with van der Waals surface area (Å²) in [4.78, 5) is 0. The van der Waals surface area contributed by atoms with E-state index in [0.29, 0.717) is 35.8 Å². The molecule has 0 amide bonds. The van der Waals surface area contributed by atoms with Crippen LogP contribution in [-0.2, 0) is 6.42 Å². The Morgan fingerprint density at radius 2 is 1.74 bits per heavy atom. The van der Waals surface area contributed by atoms with Crippen molar-refractivity contribution in [3.8, 4) is 11.4 Å². The van der Waals surface area contributed by atoms with Crippen molar-refractivity contribution in [2.24, 2.45) is 0 Å². The second kappa shape index (κ2) is 7.51. The Labute approximate surface area is 155 Å². The first-order valence-electron chi connectivity index (χ1n) is 8.64. The molecule has 0 radical (unpaired) electrons. The molecule has 1 unspecified atom stereocenters. The second-order valence-corrected chi connectivity index (χ2v) is 6.22. The first-order chi connectivity index (χ1) is 13.2. The molecule has 2 heterocycles. The van der Waals surface area contributed by atoms with Gasteiger partial charge in [-0.15, -0.1) is 15.3 Å². The van der Waals surface area contributed by atoms with Crippen LogP contribution in [0.3, 0.4) is 0 Å². The van der Waals surface area contributed by atoms with Crippen LogP contribution in [0.1, 0.15) is 5.56 Å². The largest absolute Gasteiger partial charge is 0.391 e. The van der Waals surface area contributed by atoms with Gasteiger partial charge in [-0.25, -0.2) is 4.39 Å². The molecule has 0 spiro atoms. The smallest absolute Gasteiger partial charge is 0.188 e. The topological polar surface area (TPSA) is 75.3 Å². The molecule has 2 aromatic carbocycles. The van der Waals surface area contributed by atoms with Crippen molar-refractivity contribution in [1.82, 2.24) is 19.8 Å². The Hall–Kier alpha value is -3.32. The summed E-state index contributed by atoms with van der Waals surface area (Å²) in [5.74, 6) is 0.494. The zero-order valence-corrected chi connectivity index (χ0v) is 14.5. The molecule has 27 heavy (non-hydrogen) atoms. The Bertz CT molecular complexity index is 1050. The number of nitrogens with zero attached hydrogens (tertiary/aromatic N) is 4. The van der Waals surface area contributed by atoms with Gasteiger partial charge in [0.25, 0.3) is 0 Å². The highest BCUT2D eigenvalue weighted by molar-refractivity contribution is 5.60. The van der Waals surface area contributed by atoms with E-state index < -0.39 is 6.10 Å². The number of benzene rings is 2. The lowest BCUT2D eigenvalue weighted by Crippen LogP contribution is -2.22. The molecule has 0 saturated heterocycles. The first-order valence-corrected chi connectivity index (χ1v) is 8.64. The van der Waals surface area contributed by atoms with Crippen molar-refractivity contribution >= 4 is 11.5 Å². The van der Waals surface area contributed by atoms with Crippen LogP contribution < -0.4 is 5.32 Å². The third kappa shape index (κ3) is 3.78. The molecule has 6 nitrogen and oxygen atoms in total. The Balaban J connectivity index is 1.51. The van der Waals surface area contributed by atoms with Gasteiger partial charge in [-0.3, -0.25) is 0 Å². The van der Waals surface area contributed by atoms with Gasteiger partial charge in [0.2, 0.25) is 0 Å². The summed E-state index contributed by atoms with van der Waals surface area (Å²) in [5, 5.41) is 25.9. The van der Waals surface area contributed by atoms with E-state index in [4.69, 9.17) is 0 Å². The molecule has 0 bridgehead atoms. The zero-order valence-electron chi connectivity index (χ0n) is 14.5. The fourth-order valence-electron chi connectivity index (χ4n) is 2.87. The molecule has 7 heteroatoms. The van der Waals surface area contributed by atoms with Crippen molar-refractivity contribution in [3.63, 3.8) is 0 Å². The summed E-state index contributed by atoms with van der Waals surface area (Å²) >= 11 is 0. The van der Waals surface area contributed by atoms with Crippen LogP contribution in [0, 0.1) is 5.82 Å². The van der Waals surface area contributed by atoms with Crippen LogP contribution in [0.5, 0.6) is 0 Å². The highest BCUT2D eigenvalue weighted by Gasteiger charge is 2.14. The fraction of sp³-hybridized carbons (Fsp3) is 0.150. The van der Waals surface area contributed by atoms with Gasteiger partial charge in [0.05, 0.1) is 11.7 Å². The SMILES string of the molecule is OC(CNc1ccc2nnc(-c3ccccc3F)n2n1)Cc1ccccc1. The minimum absolute atomic E-state index is 0.330. The van der Waals surface area contributed by atoms with Gasteiger partial charge in [-0.2, -0.15) is 4.52 Å². The molecule has 2 N–H and O–H groups in total. The van der Waals surface area contributed by atoms with Gasteiger partial charge in [-0.05, 0) is 29.8 Å². The number of aromatic nitrogens is 4. The van der Waals surface area contributed by atoms with Gasteiger partial charge in [0.1, 0.15) is 11.6 Å². The second-order valence-electron chi connectivity index (χ2n) is 6.22. The number of aliphatic hydroxyl groups excluding tert-OH is 1. The predicted molar refractivity (Wildman–Crippen MR) is 101 cm³/mol. The van der Waals surface area contributed by atoms with Crippen LogP contribution in [0.2, 0.25) is 0 Å². The number of fused-ring (bicyclic) bond motifs is 1. The third-order valence-corrected chi connectivity index (χ3v) is 4.21. The monoisotopic (exact) mass is 363 g/mol. The van der Waals surface area contributed by atoms with Crippen LogP contribution in [0.4, 0.5) is 10.2 Å². The first kappa shape index (κ1) is 17.1. The minimum atomic E-state index is -0.558. The molecule has 4 aromatic rings. The van der Waals surface area contributed by atoms with Gasteiger partial charge in [0.15, 0.2) is 11.5 Å². The average Bonchev–Trinajstić information content (AvgIpc) is 3.11. The van der Waals surface area contributed by atoms with E-state index >= 15 is 0 Å². The average molecular weight is 363 g/mol. The number of halogens is 1. The summed E-state index contributed by atoms with van der Waals surface area (Å²) in [5.41, 5.74) is 1.92. The molecule has 0 aliphatic carbocycles. The van der Waals surface area contributed by atoms with E-state index in [1.54, 1.807) is 30.3 Å². The molecule has 1 atom stereocenters. The summed E-state index contributed by atoms with van der Waals surface area (Å²) in [6.07, 6.45) is -0.0136. The number of rotatable bonds is 6. The van der Waals surface area contributed by atoms with E-state index in [0.717, 1.165) is 5.56 Å². The Kier molecular flexibility index (Phi) is 4.76. The highest BCUT2D eigenvalue weighted by atomic mass is 19.1. The van der Waals surface area contributed by atoms with E-state index in [1.807, 2.05) is 30.3 Å². The molecule has 0 aliphatic rings. The lowest BCUT2D eigenvalue weighted by atomic mass is 10.1. The van der Waals surface area contributed by atoms with Crippen LogP contribution in [0.15, 0.2) is 66.7 Å². The molecular weight excluding hydrogens is 345 g/mol. The van der Waals surface area contributed by atoms with E-state index in [-0.39, 0.29) is 5.82 Å². The quantitative estimate of drug-likeness (QED) is 0.551. The molecule has 4 rings (SSSR count). The maximum atomic E-state index is 14.1. The predicted octanol–water partition coefficient (Wildman–Crippen LogP) is 2.95. The number of nitrogens with one attached hydrogen (secondary N) is 1. The lowest BCUT2D eigenvalue weighted by molar-refractivity contribution is 0.188.